The van der Waals surface area contributed by atoms with Crippen LogP contribution in [0.5, 0.6) is 0 Å². The molecule has 2 heterocycles. The number of hydrogen-bond acceptors (Lipinski definition) is 3. The standard InChI is InChI=1S/C12H18ClN3/c1-9-4-3-7-16(9)12-6-5-10(13)11(15-12)8-14-2/h5-6,9,14H,3-4,7-8H2,1-2H3. The number of nitrogens with zero attached hydrogens (tertiary/aromatic N) is 2. The van der Waals surface area contributed by atoms with Crippen LogP contribution in [0, 0.1) is 0 Å². The molecule has 1 saturated heterocycles. The molecule has 0 bridgehead atoms. The molecule has 1 N–H and O–H groups in total. The zero-order chi connectivity index (χ0) is 11.5. The summed E-state index contributed by atoms with van der Waals surface area (Å²) in [5.74, 6) is 1.06. The van der Waals surface area contributed by atoms with Gasteiger partial charge in [-0.1, -0.05) is 11.6 Å². The van der Waals surface area contributed by atoms with E-state index in [9.17, 15) is 0 Å². The zero-order valence-corrected chi connectivity index (χ0v) is 10.6. The first-order valence-electron chi connectivity index (χ1n) is 5.79. The van der Waals surface area contributed by atoms with Crippen molar-refractivity contribution < 1.29 is 0 Å². The fourth-order valence-corrected chi connectivity index (χ4v) is 2.37. The smallest absolute Gasteiger partial charge is 0.129 e. The number of anilines is 1. The molecule has 0 amide bonds. The monoisotopic (exact) mass is 239 g/mol. The Kier molecular flexibility index (Phi) is 3.66. The number of aromatic nitrogens is 1. The number of halogens is 1. The van der Waals surface area contributed by atoms with Crippen LogP contribution in [-0.4, -0.2) is 24.6 Å². The summed E-state index contributed by atoms with van der Waals surface area (Å²) in [4.78, 5) is 6.98. The van der Waals surface area contributed by atoms with Crippen molar-refractivity contribution in [3.05, 3.63) is 22.8 Å². The van der Waals surface area contributed by atoms with Crippen LogP contribution in [0.3, 0.4) is 0 Å². The van der Waals surface area contributed by atoms with E-state index in [4.69, 9.17) is 11.6 Å². The Morgan fingerprint density at radius 3 is 3.00 bits per heavy atom. The van der Waals surface area contributed by atoms with E-state index in [1.54, 1.807) is 0 Å². The second-order valence-electron chi connectivity index (χ2n) is 4.31. The third-order valence-corrected chi connectivity index (χ3v) is 3.44. The predicted molar refractivity (Wildman–Crippen MR) is 68.1 cm³/mol. The Balaban J connectivity index is 2.24. The maximum atomic E-state index is 6.10. The number of rotatable bonds is 3. The second-order valence-corrected chi connectivity index (χ2v) is 4.72. The lowest BCUT2D eigenvalue weighted by molar-refractivity contribution is 0.720. The molecule has 1 aromatic heterocycles. The molecular formula is C12H18ClN3. The summed E-state index contributed by atoms with van der Waals surface area (Å²) in [5, 5.41) is 3.83. The largest absolute Gasteiger partial charge is 0.354 e. The molecular weight excluding hydrogens is 222 g/mol. The molecule has 16 heavy (non-hydrogen) atoms. The van der Waals surface area contributed by atoms with Gasteiger partial charge >= 0.3 is 0 Å². The first-order chi connectivity index (χ1) is 7.72. The van der Waals surface area contributed by atoms with Gasteiger partial charge in [-0.3, -0.25) is 0 Å². The van der Waals surface area contributed by atoms with Gasteiger partial charge in [0.15, 0.2) is 0 Å². The predicted octanol–water partition coefficient (Wildman–Crippen LogP) is 2.44. The summed E-state index contributed by atoms with van der Waals surface area (Å²) < 4.78 is 0. The van der Waals surface area contributed by atoms with Gasteiger partial charge in [-0.2, -0.15) is 0 Å². The quantitative estimate of drug-likeness (QED) is 0.878. The van der Waals surface area contributed by atoms with Gasteiger partial charge in [-0.05, 0) is 38.9 Å². The maximum Gasteiger partial charge on any atom is 0.129 e. The van der Waals surface area contributed by atoms with Crippen molar-refractivity contribution in [3.8, 4) is 0 Å². The van der Waals surface area contributed by atoms with E-state index in [0.717, 1.165) is 29.6 Å². The molecule has 0 saturated carbocycles. The van der Waals surface area contributed by atoms with Crippen LogP contribution in [0.2, 0.25) is 5.02 Å². The summed E-state index contributed by atoms with van der Waals surface area (Å²) in [7, 11) is 1.91. The van der Waals surface area contributed by atoms with Crippen molar-refractivity contribution in [3.63, 3.8) is 0 Å². The van der Waals surface area contributed by atoms with E-state index >= 15 is 0 Å². The van der Waals surface area contributed by atoms with E-state index in [2.05, 4.69) is 22.1 Å². The first kappa shape index (κ1) is 11.7. The van der Waals surface area contributed by atoms with Gasteiger partial charge in [-0.15, -0.1) is 0 Å². The van der Waals surface area contributed by atoms with Gasteiger partial charge < -0.3 is 10.2 Å². The minimum atomic E-state index is 0.594. The lowest BCUT2D eigenvalue weighted by Gasteiger charge is -2.23. The molecule has 1 atom stereocenters. The van der Waals surface area contributed by atoms with Crippen LogP contribution in [0.4, 0.5) is 5.82 Å². The molecule has 0 spiro atoms. The highest BCUT2D eigenvalue weighted by atomic mass is 35.5. The highest BCUT2D eigenvalue weighted by molar-refractivity contribution is 6.31. The Hall–Kier alpha value is -0.800. The topological polar surface area (TPSA) is 28.2 Å². The third-order valence-electron chi connectivity index (χ3n) is 3.10. The van der Waals surface area contributed by atoms with Crippen molar-refractivity contribution in [2.45, 2.75) is 32.4 Å². The maximum absolute atomic E-state index is 6.10. The average Bonchev–Trinajstić information content (AvgIpc) is 2.68. The third kappa shape index (κ3) is 2.30. The minimum absolute atomic E-state index is 0.594. The normalized spacial score (nSPS) is 20.4. The number of hydrogen-bond donors (Lipinski definition) is 1. The molecule has 0 aliphatic carbocycles. The molecule has 88 valence electrons. The van der Waals surface area contributed by atoms with Gasteiger partial charge in [0.25, 0.3) is 0 Å². The number of pyridine rings is 1. The molecule has 1 aliphatic rings. The lowest BCUT2D eigenvalue weighted by atomic mass is 10.2. The molecule has 0 radical (unpaired) electrons. The summed E-state index contributed by atoms with van der Waals surface area (Å²) in [5.41, 5.74) is 0.931. The molecule has 0 aromatic carbocycles. The van der Waals surface area contributed by atoms with E-state index in [-0.39, 0.29) is 0 Å². The highest BCUT2D eigenvalue weighted by Gasteiger charge is 2.21. The molecule has 2 rings (SSSR count). The van der Waals surface area contributed by atoms with E-state index in [1.807, 2.05) is 19.2 Å². The van der Waals surface area contributed by atoms with Crippen molar-refractivity contribution in [1.29, 1.82) is 0 Å². The van der Waals surface area contributed by atoms with Gasteiger partial charge in [0.1, 0.15) is 5.82 Å². The van der Waals surface area contributed by atoms with Crippen LogP contribution in [0.15, 0.2) is 12.1 Å². The molecule has 1 aromatic rings. The van der Waals surface area contributed by atoms with Gasteiger partial charge in [0.2, 0.25) is 0 Å². The molecule has 1 unspecified atom stereocenters. The Labute approximate surface area is 102 Å². The van der Waals surface area contributed by atoms with Crippen molar-refractivity contribution in [2.24, 2.45) is 0 Å². The van der Waals surface area contributed by atoms with Crippen LogP contribution < -0.4 is 10.2 Å². The van der Waals surface area contributed by atoms with Gasteiger partial charge in [0.05, 0.1) is 10.7 Å². The first-order valence-corrected chi connectivity index (χ1v) is 6.17. The van der Waals surface area contributed by atoms with Crippen LogP contribution >= 0.6 is 11.6 Å². The van der Waals surface area contributed by atoms with Crippen LogP contribution in [0.25, 0.3) is 0 Å². The summed E-state index contributed by atoms with van der Waals surface area (Å²) >= 11 is 6.10. The highest BCUT2D eigenvalue weighted by Crippen LogP contribution is 2.25. The Bertz CT molecular complexity index is 367. The summed E-state index contributed by atoms with van der Waals surface area (Å²) in [6.45, 7) is 4.07. The van der Waals surface area contributed by atoms with E-state index < -0.39 is 0 Å². The van der Waals surface area contributed by atoms with E-state index in [0.29, 0.717) is 6.04 Å². The molecule has 1 fully saturated rings. The second kappa shape index (κ2) is 5.02. The zero-order valence-electron chi connectivity index (χ0n) is 9.83. The van der Waals surface area contributed by atoms with Crippen LogP contribution in [0.1, 0.15) is 25.5 Å². The van der Waals surface area contributed by atoms with Gasteiger partial charge in [-0.25, -0.2) is 4.98 Å². The Morgan fingerprint density at radius 1 is 1.56 bits per heavy atom. The fraction of sp³-hybridized carbons (Fsp3) is 0.583. The SMILES string of the molecule is CNCc1nc(N2CCCC2C)ccc1Cl. The van der Waals surface area contributed by atoms with Crippen molar-refractivity contribution >= 4 is 17.4 Å². The summed E-state index contributed by atoms with van der Waals surface area (Å²) in [6, 6.07) is 4.56. The van der Waals surface area contributed by atoms with Crippen molar-refractivity contribution in [2.75, 3.05) is 18.5 Å². The molecule has 3 nitrogen and oxygen atoms in total. The minimum Gasteiger partial charge on any atom is -0.354 e. The Morgan fingerprint density at radius 2 is 2.38 bits per heavy atom. The van der Waals surface area contributed by atoms with E-state index in [1.165, 1.54) is 12.8 Å². The van der Waals surface area contributed by atoms with Gasteiger partial charge in [0, 0.05) is 19.1 Å². The van der Waals surface area contributed by atoms with Crippen LogP contribution in [-0.2, 0) is 6.54 Å². The average molecular weight is 240 g/mol. The number of nitrogens with one attached hydrogen (secondary N) is 1. The molecule has 4 heteroatoms. The van der Waals surface area contributed by atoms with Crippen molar-refractivity contribution in [1.82, 2.24) is 10.3 Å². The fourth-order valence-electron chi connectivity index (χ4n) is 2.20. The lowest BCUT2D eigenvalue weighted by Crippen LogP contribution is -2.27. The molecule has 1 aliphatic heterocycles. The summed E-state index contributed by atoms with van der Waals surface area (Å²) in [6.07, 6.45) is 2.51.